The van der Waals surface area contributed by atoms with Crippen molar-refractivity contribution in [2.45, 2.75) is 6.42 Å². The molecule has 0 unspecified atom stereocenters. The average molecular weight is 316 g/mol. The Morgan fingerprint density at radius 3 is 2.64 bits per heavy atom. The summed E-state index contributed by atoms with van der Waals surface area (Å²) >= 11 is 6.26. The van der Waals surface area contributed by atoms with Crippen LogP contribution >= 0.6 is 11.6 Å². The number of nitrogen functional groups attached to an aromatic ring is 1. The van der Waals surface area contributed by atoms with Crippen molar-refractivity contribution >= 4 is 28.1 Å². The van der Waals surface area contributed by atoms with Gasteiger partial charge in [-0.1, -0.05) is 48.0 Å². The van der Waals surface area contributed by atoms with Crippen LogP contribution in [0.1, 0.15) is 5.56 Å². The molecule has 0 aliphatic carbocycles. The molecule has 3 rings (SSSR count). The number of hydrogen-bond donors (Lipinski definition) is 1. The van der Waals surface area contributed by atoms with E-state index >= 15 is 0 Å². The van der Waals surface area contributed by atoms with Gasteiger partial charge in [0.25, 0.3) is 0 Å². The topological polar surface area (TPSA) is 65.5 Å². The van der Waals surface area contributed by atoms with Gasteiger partial charge in [0.2, 0.25) is 0 Å². The smallest absolute Gasteiger partial charge is 0.346 e. The maximum absolute atomic E-state index is 12.0. The van der Waals surface area contributed by atoms with E-state index in [0.29, 0.717) is 29.5 Å². The van der Waals surface area contributed by atoms with Crippen molar-refractivity contribution < 1.29 is 9.15 Å². The van der Waals surface area contributed by atoms with Gasteiger partial charge in [-0.3, -0.25) is 0 Å². The second-order valence-electron chi connectivity index (χ2n) is 4.84. The Morgan fingerprint density at radius 1 is 1.09 bits per heavy atom. The molecule has 0 aliphatic heterocycles. The number of halogens is 1. The standard InChI is InChI=1S/C17H14ClNO3/c18-15-14-12(7-4-8-13(14)19)16(20)22-17(15)21-10-9-11-5-2-1-3-6-11/h1-8H,9-10,19H2. The number of fused-ring (bicyclic) bond motifs is 1. The number of hydrogen-bond acceptors (Lipinski definition) is 4. The van der Waals surface area contributed by atoms with Gasteiger partial charge in [0.1, 0.15) is 5.02 Å². The van der Waals surface area contributed by atoms with E-state index in [4.69, 9.17) is 26.5 Å². The van der Waals surface area contributed by atoms with Crippen LogP contribution in [0.25, 0.3) is 10.8 Å². The number of benzene rings is 2. The van der Waals surface area contributed by atoms with Crippen molar-refractivity contribution in [1.82, 2.24) is 0 Å². The second kappa shape index (κ2) is 6.12. The largest absolute Gasteiger partial charge is 0.464 e. The molecular formula is C17H14ClNO3. The van der Waals surface area contributed by atoms with Crippen molar-refractivity contribution in [2.24, 2.45) is 0 Å². The minimum absolute atomic E-state index is 0.00741. The Morgan fingerprint density at radius 2 is 1.86 bits per heavy atom. The van der Waals surface area contributed by atoms with E-state index in [9.17, 15) is 4.79 Å². The summed E-state index contributed by atoms with van der Waals surface area (Å²) in [6, 6.07) is 14.9. The zero-order valence-corrected chi connectivity index (χ0v) is 12.5. The van der Waals surface area contributed by atoms with Gasteiger partial charge in [0.05, 0.1) is 12.0 Å². The van der Waals surface area contributed by atoms with Crippen LogP contribution in [0.5, 0.6) is 5.95 Å². The Hall–Kier alpha value is -2.46. The van der Waals surface area contributed by atoms with Gasteiger partial charge < -0.3 is 14.9 Å². The molecular weight excluding hydrogens is 302 g/mol. The lowest BCUT2D eigenvalue weighted by molar-refractivity contribution is 0.235. The second-order valence-corrected chi connectivity index (χ2v) is 5.22. The number of ether oxygens (including phenoxy) is 1. The molecule has 22 heavy (non-hydrogen) atoms. The van der Waals surface area contributed by atoms with Crippen molar-refractivity contribution in [2.75, 3.05) is 12.3 Å². The molecule has 0 spiro atoms. The van der Waals surface area contributed by atoms with Crippen LogP contribution in [0.3, 0.4) is 0 Å². The number of anilines is 1. The van der Waals surface area contributed by atoms with Crippen LogP contribution in [0, 0.1) is 0 Å². The van der Waals surface area contributed by atoms with Crippen LogP contribution in [-0.2, 0) is 6.42 Å². The van der Waals surface area contributed by atoms with Gasteiger partial charge in [-0.25, -0.2) is 4.79 Å². The fourth-order valence-corrected chi connectivity index (χ4v) is 2.57. The predicted molar refractivity (Wildman–Crippen MR) is 87.5 cm³/mol. The molecule has 0 aliphatic rings. The fraction of sp³-hybridized carbons (Fsp3) is 0.118. The first-order chi connectivity index (χ1) is 10.7. The molecule has 0 fully saturated rings. The Labute approximate surface area is 132 Å². The Balaban J connectivity index is 1.87. The Kier molecular flexibility index (Phi) is 4.02. The lowest BCUT2D eigenvalue weighted by Crippen LogP contribution is -2.07. The fourth-order valence-electron chi connectivity index (χ4n) is 2.27. The van der Waals surface area contributed by atoms with Gasteiger partial charge in [-0.15, -0.1) is 0 Å². The monoisotopic (exact) mass is 315 g/mol. The normalized spacial score (nSPS) is 10.8. The highest BCUT2D eigenvalue weighted by Crippen LogP contribution is 2.34. The van der Waals surface area contributed by atoms with Crippen LogP contribution < -0.4 is 16.1 Å². The highest BCUT2D eigenvalue weighted by atomic mass is 35.5. The molecule has 5 heteroatoms. The van der Waals surface area contributed by atoms with Gasteiger partial charge in [-0.2, -0.15) is 0 Å². The van der Waals surface area contributed by atoms with E-state index in [1.807, 2.05) is 30.3 Å². The third-order valence-corrected chi connectivity index (χ3v) is 3.71. The quantitative estimate of drug-likeness (QED) is 0.746. The summed E-state index contributed by atoms with van der Waals surface area (Å²) in [5.41, 5.74) is 6.93. The summed E-state index contributed by atoms with van der Waals surface area (Å²) in [6.07, 6.45) is 0.684. The van der Waals surface area contributed by atoms with Gasteiger partial charge in [0, 0.05) is 17.5 Å². The summed E-state index contributed by atoms with van der Waals surface area (Å²) in [7, 11) is 0. The maximum Gasteiger partial charge on any atom is 0.346 e. The Bertz CT molecular complexity index is 859. The van der Waals surface area contributed by atoms with Crippen LogP contribution in [0.15, 0.2) is 57.7 Å². The van der Waals surface area contributed by atoms with Crippen molar-refractivity contribution in [1.29, 1.82) is 0 Å². The van der Waals surface area contributed by atoms with E-state index in [2.05, 4.69) is 0 Å². The maximum atomic E-state index is 12.0. The molecule has 112 valence electrons. The summed E-state index contributed by atoms with van der Waals surface area (Å²) in [5, 5.41) is 1.04. The SMILES string of the molecule is Nc1cccc2c(=O)oc(OCCc3ccccc3)c(Cl)c12. The van der Waals surface area contributed by atoms with Gasteiger partial charge in [0.15, 0.2) is 0 Å². The number of rotatable bonds is 4. The van der Waals surface area contributed by atoms with Crippen LogP contribution in [0.2, 0.25) is 5.02 Å². The summed E-state index contributed by atoms with van der Waals surface area (Å²) in [5.74, 6) is 0.00741. The van der Waals surface area contributed by atoms with Crippen molar-refractivity contribution in [3.05, 3.63) is 69.5 Å². The lowest BCUT2D eigenvalue weighted by Gasteiger charge is -2.09. The van der Waals surface area contributed by atoms with Gasteiger partial charge in [-0.05, 0) is 17.7 Å². The van der Waals surface area contributed by atoms with E-state index < -0.39 is 5.63 Å². The third-order valence-electron chi connectivity index (χ3n) is 3.37. The van der Waals surface area contributed by atoms with Gasteiger partial charge >= 0.3 is 11.6 Å². The third kappa shape index (κ3) is 2.78. The molecule has 0 saturated heterocycles. The van der Waals surface area contributed by atoms with E-state index in [1.165, 1.54) is 0 Å². The first kappa shape index (κ1) is 14.5. The zero-order chi connectivity index (χ0) is 15.5. The number of nitrogens with two attached hydrogens (primary N) is 1. The molecule has 0 atom stereocenters. The molecule has 0 radical (unpaired) electrons. The van der Waals surface area contributed by atoms with Crippen LogP contribution in [0.4, 0.5) is 5.69 Å². The molecule has 0 amide bonds. The molecule has 0 saturated carbocycles. The van der Waals surface area contributed by atoms with E-state index in [0.717, 1.165) is 5.56 Å². The molecule has 1 aromatic heterocycles. The highest BCUT2D eigenvalue weighted by Gasteiger charge is 2.15. The summed E-state index contributed by atoms with van der Waals surface area (Å²) in [6.45, 7) is 0.352. The minimum Gasteiger partial charge on any atom is -0.464 e. The highest BCUT2D eigenvalue weighted by molar-refractivity contribution is 6.37. The van der Waals surface area contributed by atoms with Crippen LogP contribution in [-0.4, -0.2) is 6.61 Å². The van der Waals surface area contributed by atoms with E-state index in [-0.39, 0.29) is 11.0 Å². The average Bonchev–Trinajstić information content (AvgIpc) is 2.53. The first-order valence-electron chi connectivity index (χ1n) is 6.84. The van der Waals surface area contributed by atoms with Crippen molar-refractivity contribution in [3.63, 3.8) is 0 Å². The summed E-state index contributed by atoms with van der Waals surface area (Å²) in [4.78, 5) is 12.0. The lowest BCUT2D eigenvalue weighted by atomic mass is 10.1. The molecule has 3 aromatic rings. The summed E-state index contributed by atoms with van der Waals surface area (Å²) < 4.78 is 10.7. The molecule has 1 heterocycles. The first-order valence-corrected chi connectivity index (χ1v) is 7.22. The zero-order valence-electron chi connectivity index (χ0n) is 11.7. The molecule has 4 nitrogen and oxygen atoms in total. The predicted octanol–water partition coefficient (Wildman–Crippen LogP) is 3.65. The van der Waals surface area contributed by atoms with E-state index in [1.54, 1.807) is 18.2 Å². The van der Waals surface area contributed by atoms with Crippen molar-refractivity contribution in [3.8, 4) is 5.95 Å². The molecule has 0 bridgehead atoms. The molecule has 2 aromatic carbocycles. The minimum atomic E-state index is -0.513. The molecule has 2 N–H and O–H groups in total.